The minimum atomic E-state index is -3.10. The van der Waals surface area contributed by atoms with Crippen LogP contribution < -0.4 is 10.6 Å². The molecule has 0 radical (unpaired) electrons. The summed E-state index contributed by atoms with van der Waals surface area (Å²) >= 11 is 0. The molecule has 0 N–H and O–H groups in total. The molecule has 0 heterocycles. The zero-order valence-electron chi connectivity index (χ0n) is 16.2. The van der Waals surface area contributed by atoms with Crippen LogP contribution in [0.4, 0.5) is 0 Å². The standard InChI is InChI=1S/C27H19O2P/c28-27-24-17-9-7-15-22(24)26(23-16-8-10-18-25(23)27)19-30(29,20-11-3-1-4-12-20)21-13-5-2-6-14-21/h1-19H. The van der Waals surface area contributed by atoms with Crippen molar-refractivity contribution in [1.29, 1.82) is 0 Å². The molecule has 2 nitrogen and oxygen atoms in total. The van der Waals surface area contributed by atoms with Gasteiger partial charge in [0.15, 0.2) is 12.9 Å². The Bertz CT molecular complexity index is 1230. The molecule has 0 aliphatic heterocycles. The summed E-state index contributed by atoms with van der Waals surface area (Å²) in [6, 6.07) is 34.3. The zero-order chi connectivity index (χ0) is 20.6. The van der Waals surface area contributed by atoms with E-state index >= 15 is 0 Å². The van der Waals surface area contributed by atoms with Gasteiger partial charge in [-0.25, -0.2) is 0 Å². The molecular formula is C27H19O2P. The maximum absolute atomic E-state index is 14.6. The Morgan fingerprint density at radius 1 is 0.500 bits per heavy atom. The van der Waals surface area contributed by atoms with Gasteiger partial charge < -0.3 is 4.57 Å². The lowest BCUT2D eigenvalue weighted by molar-refractivity contribution is 0.103. The molecule has 0 unspecified atom stereocenters. The molecule has 0 aromatic heterocycles. The fourth-order valence-electron chi connectivity index (χ4n) is 4.04. The number of benzene rings is 4. The van der Waals surface area contributed by atoms with Crippen LogP contribution in [0.25, 0.3) is 5.57 Å². The SMILES string of the molecule is O=C1c2ccccc2C(=CP(=O)(c2ccccc2)c2ccccc2)c2ccccc21. The average molecular weight is 406 g/mol. The topological polar surface area (TPSA) is 34.1 Å². The van der Waals surface area contributed by atoms with Crippen LogP contribution in [0, 0.1) is 0 Å². The van der Waals surface area contributed by atoms with Gasteiger partial charge in [-0.05, 0) is 22.5 Å². The highest BCUT2D eigenvalue weighted by Crippen LogP contribution is 2.50. The summed E-state index contributed by atoms with van der Waals surface area (Å²) in [7, 11) is -3.10. The summed E-state index contributed by atoms with van der Waals surface area (Å²) in [5.74, 6) is 1.90. The van der Waals surface area contributed by atoms with Gasteiger partial charge in [0.2, 0.25) is 0 Å². The molecule has 0 saturated carbocycles. The lowest BCUT2D eigenvalue weighted by Gasteiger charge is -2.24. The monoisotopic (exact) mass is 406 g/mol. The molecule has 0 fully saturated rings. The van der Waals surface area contributed by atoms with Crippen molar-refractivity contribution < 1.29 is 9.36 Å². The van der Waals surface area contributed by atoms with Gasteiger partial charge >= 0.3 is 0 Å². The van der Waals surface area contributed by atoms with Crippen LogP contribution in [0.2, 0.25) is 0 Å². The van der Waals surface area contributed by atoms with Gasteiger partial charge in [-0.1, -0.05) is 109 Å². The van der Waals surface area contributed by atoms with Crippen molar-refractivity contribution in [3.05, 3.63) is 137 Å². The van der Waals surface area contributed by atoms with Gasteiger partial charge in [0.25, 0.3) is 0 Å². The average Bonchev–Trinajstić information content (AvgIpc) is 2.83. The minimum absolute atomic E-state index is 0.00704. The van der Waals surface area contributed by atoms with E-state index in [0.717, 1.165) is 27.3 Å². The van der Waals surface area contributed by atoms with Gasteiger partial charge in [-0.2, -0.15) is 0 Å². The summed E-state index contributed by atoms with van der Waals surface area (Å²) in [5.41, 5.74) is 3.80. The van der Waals surface area contributed by atoms with Crippen molar-refractivity contribution in [1.82, 2.24) is 0 Å². The van der Waals surface area contributed by atoms with Crippen molar-refractivity contribution in [3.63, 3.8) is 0 Å². The number of rotatable bonds is 3. The molecule has 0 saturated heterocycles. The molecule has 5 rings (SSSR count). The quantitative estimate of drug-likeness (QED) is 0.364. The third-order valence-corrected chi connectivity index (χ3v) is 8.27. The Morgan fingerprint density at radius 2 is 0.867 bits per heavy atom. The maximum Gasteiger partial charge on any atom is 0.194 e. The summed E-state index contributed by atoms with van der Waals surface area (Å²) in [5, 5.41) is 1.55. The molecule has 3 heteroatoms. The van der Waals surface area contributed by atoms with Crippen LogP contribution in [0.15, 0.2) is 115 Å². The normalized spacial score (nSPS) is 12.8. The van der Waals surface area contributed by atoms with Gasteiger partial charge in [0.05, 0.1) is 0 Å². The van der Waals surface area contributed by atoms with Crippen LogP contribution in [0.3, 0.4) is 0 Å². The Labute approximate surface area is 175 Å². The summed E-state index contributed by atoms with van der Waals surface area (Å²) in [6.45, 7) is 0. The van der Waals surface area contributed by atoms with Gasteiger partial charge in [-0.15, -0.1) is 0 Å². The van der Waals surface area contributed by atoms with Gasteiger partial charge in [-0.3, -0.25) is 4.79 Å². The first kappa shape index (κ1) is 18.5. The highest BCUT2D eigenvalue weighted by Gasteiger charge is 2.31. The van der Waals surface area contributed by atoms with E-state index in [0.29, 0.717) is 11.1 Å². The van der Waals surface area contributed by atoms with Crippen molar-refractivity contribution in [3.8, 4) is 0 Å². The number of carbonyl (C=O) groups is 1. The van der Waals surface area contributed by atoms with E-state index in [1.807, 2.05) is 115 Å². The Balaban J connectivity index is 1.84. The number of hydrogen-bond donors (Lipinski definition) is 0. The lowest BCUT2D eigenvalue weighted by Crippen LogP contribution is -2.17. The largest absolute Gasteiger partial charge is 0.309 e. The molecule has 0 spiro atoms. The Hall–Kier alpha value is -3.48. The molecule has 30 heavy (non-hydrogen) atoms. The van der Waals surface area contributed by atoms with E-state index in [1.165, 1.54) is 0 Å². The Kier molecular flexibility index (Phi) is 4.58. The molecule has 4 aromatic rings. The number of carbonyl (C=O) groups excluding carboxylic acids is 1. The molecule has 0 amide bonds. The van der Waals surface area contributed by atoms with Gasteiger partial charge in [0.1, 0.15) is 0 Å². The molecule has 144 valence electrons. The maximum atomic E-state index is 14.6. The summed E-state index contributed by atoms with van der Waals surface area (Å²) < 4.78 is 14.6. The van der Waals surface area contributed by atoms with Crippen molar-refractivity contribution >= 4 is 29.1 Å². The van der Waals surface area contributed by atoms with Crippen molar-refractivity contribution in [2.75, 3.05) is 0 Å². The Morgan fingerprint density at radius 3 is 1.30 bits per heavy atom. The van der Waals surface area contributed by atoms with Crippen LogP contribution in [-0.4, -0.2) is 5.78 Å². The molecule has 1 aliphatic rings. The lowest BCUT2D eigenvalue weighted by atomic mass is 9.82. The third kappa shape index (κ3) is 2.98. The van der Waals surface area contributed by atoms with E-state index in [2.05, 4.69) is 0 Å². The van der Waals surface area contributed by atoms with E-state index in [1.54, 1.807) is 0 Å². The van der Waals surface area contributed by atoms with E-state index in [9.17, 15) is 9.36 Å². The van der Waals surface area contributed by atoms with E-state index in [4.69, 9.17) is 0 Å². The molecule has 0 bridgehead atoms. The van der Waals surface area contributed by atoms with Crippen molar-refractivity contribution in [2.24, 2.45) is 0 Å². The molecular weight excluding hydrogens is 387 g/mol. The predicted molar refractivity (Wildman–Crippen MR) is 123 cm³/mol. The van der Waals surface area contributed by atoms with Gasteiger partial charge in [0, 0.05) is 21.7 Å². The van der Waals surface area contributed by atoms with Crippen LogP contribution in [0.1, 0.15) is 27.0 Å². The van der Waals surface area contributed by atoms with Crippen molar-refractivity contribution in [2.45, 2.75) is 0 Å². The van der Waals surface area contributed by atoms with Crippen LogP contribution >= 0.6 is 7.14 Å². The van der Waals surface area contributed by atoms with E-state index < -0.39 is 7.14 Å². The second-order valence-electron chi connectivity index (χ2n) is 7.29. The zero-order valence-corrected chi connectivity index (χ0v) is 17.1. The summed E-state index contributed by atoms with van der Waals surface area (Å²) in [4.78, 5) is 13.1. The molecule has 1 aliphatic carbocycles. The van der Waals surface area contributed by atoms with Crippen LogP contribution in [0.5, 0.6) is 0 Å². The number of fused-ring (bicyclic) bond motifs is 2. The fraction of sp³-hybridized carbons (Fsp3) is 0. The minimum Gasteiger partial charge on any atom is -0.309 e. The number of ketones is 1. The molecule has 4 aromatic carbocycles. The first-order valence-electron chi connectivity index (χ1n) is 9.86. The smallest absolute Gasteiger partial charge is 0.194 e. The molecule has 0 atom stereocenters. The highest BCUT2D eigenvalue weighted by atomic mass is 31.2. The first-order valence-corrected chi connectivity index (χ1v) is 11.6. The van der Waals surface area contributed by atoms with Crippen LogP contribution in [-0.2, 0) is 4.57 Å². The second-order valence-corrected chi connectivity index (χ2v) is 9.90. The highest BCUT2D eigenvalue weighted by molar-refractivity contribution is 7.81. The number of hydrogen-bond acceptors (Lipinski definition) is 2. The fourth-order valence-corrected chi connectivity index (χ4v) is 6.51. The predicted octanol–water partition coefficient (Wildman–Crippen LogP) is 5.63. The van der Waals surface area contributed by atoms with E-state index in [-0.39, 0.29) is 5.78 Å². The summed E-state index contributed by atoms with van der Waals surface area (Å²) in [6.07, 6.45) is 0. The second kappa shape index (κ2) is 7.40. The third-order valence-electron chi connectivity index (χ3n) is 5.51. The first-order chi connectivity index (χ1) is 14.7.